The van der Waals surface area contributed by atoms with E-state index in [0.29, 0.717) is 12.8 Å². The molecule has 0 spiro atoms. The third-order valence-electron chi connectivity index (χ3n) is 5.62. The van der Waals surface area contributed by atoms with Crippen molar-refractivity contribution < 1.29 is 14.6 Å². The monoisotopic (exact) mass is 369 g/mol. The Morgan fingerprint density at radius 2 is 1.31 bits per heavy atom. The van der Waals surface area contributed by atoms with E-state index in [0.717, 1.165) is 37.4 Å². The molecule has 0 aromatic carbocycles. The van der Waals surface area contributed by atoms with E-state index in [1.165, 1.54) is 51.4 Å². The van der Waals surface area contributed by atoms with Crippen LogP contribution < -0.4 is 0 Å². The van der Waals surface area contributed by atoms with Gasteiger partial charge in [0.2, 0.25) is 0 Å². The minimum Gasteiger partial charge on any atom is -0.273 e. The van der Waals surface area contributed by atoms with Gasteiger partial charge < -0.3 is 0 Å². The van der Waals surface area contributed by atoms with Crippen LogP contribution in [0.3, 0.4) is 0 Å². The van der Waals surface area contributed by atoms with Gasteiger partial charge in [-0.2, -0.15) is 0 Å². The molecule has 2 atom stereocenters. The van der Waals surface area contributed by atoms with Crippen LogP contribution in [-0.4, -0.2) is 21.8 Å². The second-order valence-electron chi connectivity index (χ2n) is 7.70. The molecule has 0 bridgehead atoms. The Morgan fingerprint density at radius 1 is 0.846 bits per heavy atom. The Bertz CT molecular complexity index is 441. The van der Waals surface area contributed by atoms with Crippen molar-refractivity contribution in [3.05, 3.63) is 20.2 Å². The first-order chi connectivity index (χ1) is 12.5. The summed E-state index contributed by atoms with van der Waals surface area (Å²) in [7, 11) is 0. The fourth-order valence-corrected chi connectivity index (χ4v) is 3.71. The Labute approximate surface area is 156 Å². The van der Waals surface area contributed by atoms with Crippen LogP contribution in [0.1, 0.15) is 96.8 Å². The SMILES string of the molecule is CCCCCCC1CC1CCCCCCCCC([C]=O)([N+](=O)[O-])[N+](=O)[O-]. The largest absolute Gasteiger partial charge is 0.523 e. The Kier molecular flexibility index (Phi) is 10.4. The van der Waals surface area contributed by atoms with E-state index >= 15 is 0 Å². The lowest BCUT2D eigenvalue weighted by atomic mass is 10.0. The topological polar surface area (TPSA) is 103 Å². The maximum atomic E-state index is 10.8. The predicted molar refractivity (Wildman–Crippen MR) is 99.7 cm³/mol. The summed E-state index contributed by atoms with van der Waals surface area (Å²) in [5.74, 6) is 1.89. The van der Waals surface area contributed by atoms with E-state index < -0.39 is 15.5 Å². The Hall–Kier alpha value is -1.53. The van der Waals surface area contributed by atoms with Crippen molar-refractivity contribution in [1.82, 2.24) is 0 Å². The predicted octanol–water partition coefficient (Wildman–Crippen LogP) is 5.07. The summed E-state index contributed by atoms with van der Waals surface area (Å²) < 4.78 is 0. The van der Waals surface area contributed by atoms with Crippen molar-refractivity contribution in [2.75, 3.05) is 0 Å². The van der Waals surface area contributed by atoms with E-state index in [9.17, 15) is 25.0 Å². The molecule has 2 unspecified atom stereocenters. The van der Waals surface area contributed by atoms with Crippen molar-refractivity contribution >= 4 is 6.29 Å². The first kappa shape index (κ1) is 22.5. The zero-order valence-corrected chi connectivity index (χ0v) is 16.0. The van der Waals surface area contributed by atoms with E-state index in [4.69, 9.17) is 0 Å². The van der Waals surface area contributed by atoms with Gasteiger partial charge in [0.1, 0.15) is 9.85 Å². The van der Waals surface area contributed by atoms with Crippen LogP contribution in [0.25, 0.3) is 0 Å². The second-order valence-corrected chi connectivity index (χ2v) is 7.70. The molecule has 1 aliphatic carbocycles. The van der Waals surface area contributed by atoms with Gasteiger partial charge in [-0.1, -0.05) is 77.6 Å². The summed E-state index contributed by atoms with van der Waals surface area (Å²) in [5, 5.41) is 21.6. The van der Waals surface area contributed by atoms with Gasteiger partial charge in [-0.15, -0.1) is 0 Å². The van der Waals surface area contributed by atoms with Gasteiger partial charge in [-0.3, -0.25) is 25.0 Å². The number of carbonyl (C=O) groups excluding carboxylic acids is 1. The Morgan fingerprint density at radius 3 is 1.77 bits per heavy atom. The molecule has 0 N–H and O–H groups in total. The molecular weight excluding hydrogens is 336 g/mol. The summed E-state index contributed by atoms with van der Waals surface area (Å²) in [5.41, 5.74) is -2.78. The highest BCUT2D eigenvalue weighted by molar-refractivity contribution is 5.59. The van der Waals surface area contributed by atoms with Gasteiger partial charge in [0.15, 0.2) is 0 Å². The fourth-order valence-electron chi connectivity index (χ4n) is 3.71. The lowest BCUT2D eigenvalue weighted by Gasteiger charge is -2.09. The summed E-state index contributed by atoms with van der Waals surface area (Å²) in [6.07, 6.45) is 15.4. The second kappa shape index (κ2) is 12.0. The van der Waals surface area contributed by atoms with Gasteiger partial charge in [-0.25, -0.2) is 0 Å². The standard InChI is InChI=1S/C19H33N2O5/c1-2-3-4-9-12-17-15-18(17)13-10-7-5-6-8-11-14-19(16-22,20(23)24)21(25)26/h17-18H,2-15H2,1H3. The molecule has 0 aromatic rings. The maximum Gasteiger partial charge on any atom is 0.523 e. The summed E-state index contributed by atoms with van der Waals surface area (Å²) in [6, 6.07) is 0. The highest BCUT2D eigenvalue weighted by atomic mass is 16.7. The fraction of sp³-hybridized carbons (Fsp3) is 0.947. The molecule has 0 aromatic heterocycles. The van der Waals surface area contributed by atoms with Gasteiger partial charge in [0.05, 0.1) is 6.42 Å². The van der Waals surface area contributed by atoms with Gasteiger partial charge in [-0.05, 0) is 24.7 Å². The maximum absolute atomic E-state index is 10.8. The van der Waals surface area contributed by atoms with Crippen molar-refractivity contribution in [3.63, 3.8) is 0 Å². The van der Waals surface area contributed by atoms with Crippen LogP contribution in [-0.2, 0) is 4.79 Å². The normalized spacial score (nSPS) is 19.3. The molecule has 1 saturated carbocycles. The number of unbranched alkanes of at least 4 members (excludes halogenated alkanes) is 8. The van der Waals surface area contributed by atoms with Crippen molar-refractivity contribution in [1.29, 1.82) is 0 Å². The summed E-state index contributed by atoms with van der Waals surface area (Å²) >= 11 is 0. The number of nitrogens with zero attached hydrogens (tertiary/aromatic N) is 2. The lowest BCUT2D eigenvalue weighted by Crippen LogP contribution is -2.47. The minimum absolute atomic E-state index is 0.305. The van der Waals surface area contributed by atoms with E-state index in [2.05, 4.69) is 6.92 Å². The van der Waals surface area contributed by atoms with Crippen molar-refractivity contribution in [3.8, 4) is 0 Å². The molecule has 149 valence electrons. The zero-order valence-electron chi connectivity index (χ0n) is 16.0. The number of nitro groups is 2. The van der Waals surface area contributed by atoms with Gasteiger partial charge in [0.25, 0.3) is 0 Å². The highest BCUT2D eigenvalue weighted by Crippen LogP contribution is 2.45. The number of rotatable bonds is 17. The Balaban J connectivity index is 1.99. The zero-order chi connectivity index (χ0) is 19.4. The molecule has 7 heteroatoms. The molecule has 0 aliphatic heterocycles. The number of hydrogen-bond donors (Lipinski definition) is 0. The smallest absolute Gasteiger partial charge is 0.273 e. The van der Waals surface area contributed by atoms with Gasteiger partial charge >= 0.3 is 11.9 Å². The van der Waals surface area contributed by atoms with Crippen LogP contribution in [0.2, 0.25) is 0 Å². The first-order valence-corrected chi connectivity index (χ1v) is 10.2. The lowest BCUT2D eigenvalue weighted by molar-refractivity contribution is -0.772. The van der Waals surface area contributed by atoms with Crippen LogP contribution >= 0.6 is 0 Å². The molecule has 1 rings (SSSR count). The third kappa shape index (κ3) is 7.38. The first-order valence-electron chi connectivity index (χ1n) is 10.2. The molecule has 0 saturated heterocycles. The van der Waals surface area contributed by atoms with Crippen LogP contribution in [0.15, 0.2) is 0 Å². The molecule has 0 heterocycles. The van der Waals surface area contributed by atoms with Crippen molar-refractivity contribution in [2.45, 2.75) is 102 Å². The average Bonchev–Trinajstić information content (AvgIpc) is 3.35. The van der Waals surface area contributed by atoms with Crippen LogP contribution in [0.5, 0.6) is 0 Å². The molecule has 1 aliphatic rings. The summed E-state index contributed by atoms with van der Waals surface area (Å²) in [4.78, 5) is 30.0. The molecule has 26 heavy (non-hydrogen) atoms. The average molecular weight is 369 g/mol. The third-order valence-corrected chi connectivity index (χ3v) is 5.62. The summed E-state index contributed by atoms with van der Waals surface area (Å²) in [6.45, 7) is 2.24. The van der Waals surface area contributed by atoms with Gasteiger partial charge in [0, 0.05) is 0 Å². The van der Waals surface area contributed by atoms with E-state index in [1.54, 1.807) is 0 Å². The molecule has 0 amide bonds. The quantitative estimate of drug-likeness (QED) is 0.154. The molecule has 1 fully saturated rings. The van der Waals surface area contributed by atoms with E-state index in [-0.39, 0.29) is 6.42 Å². The minimum atomic E-state index is -2.78. The van der Waals surface area contributed by atoms with Crippen LogP contribution in [0, 0.1) is 32.1 Å². The molecule has 1 radical (unpaired) electrons. The van der Waals surface area contributed by atoms with E-state index in [1.807, 2.05) is 0 Å². The highest BCUT2D eigenvalue weighted by Gasteiger charge is 2.57. The number of hydrogen-bond acceptors (Lipinski definition) is 5. The molecule has 7 nitrogen and oxygen atoms in total. The van der Waals surface area contributed by atoms with Crippen molar-refractivity contribution in [2.24, 2.45) is 11.8 Å². The van der Waals surface area contributed by atoms with Crippen LogP contribution in [0.4, 0.5) is 0 Å². The molecular formula is C19H33N2O5.